The van der Waals surface area contributed by atoms with Crippen LogP contribution in [-0.2, 0) is 4.79 Å². The predicted octanol–water partition coefficient (Wildman–Crippen LogP) is 1.06. The lowest BCUT2D eigenvalue weighted by Crippen LogP contribution is -2.41. The SMILES string of the molecule is CC(C)N(CCCO)C(=O)C(C)n1cccn1. The molecule has 0 saturated heterocycles. The van der Waals surface area contributed by atoms with Gasteiger partial charge in [-0.05, 0) is 33.3 Å². The van der Waals surface area contributed by atoms with Gasteiger partial charge in [0.1, 0.15) is 6.04 Å². The average Bonchev–Trinajstić information content (AvgIpc) is 2.81. The number of carbonyl (C=O) groups excluding carboxylic acids is 1. The molecular weight excluding hydrogens is 218 g/mol. The van der Waals surface area contributed by atoms with Crippen LogP contribution in [0.4, 0.5) is 0 Å². The van der Waals surface area contributed by atoms with Crippen LogP contribution >= 0.6 is 0 Å². The van der Waals surface area contributed by atoms with E-state index in [1.807, 2.05) is 20.8 Å². The number of amides is 1. The molecule has 0 aromatic carbocycles. The van der Waals surface area contributed by atoms with Crippen LogP contribution in [0.15, 0.2) is 18.5 Å². The zero-order valence-corrected chi connectivity index (χ0v) is 10.7. The first-order valence-corrected chi connectivity index (χ1v) is 5.98. The smallest absolute Gasteiger partial charge is 0.247 e. The minimum Gasteiger partial charge on any atom is -0.396 e. The Hall–Kier alpha value is -1.36. The van der Waals surface area contributed by atoms with E-state index in [4.69, 9.17) is 5.11 Å². The average molecular weight is 239 g/mol. The summed E-state index contributed by atoms with van der Waals surface area (Å²) in [5, 5.41) is 12.9. The van der Waals surface area contributed by atoms with Gasteiger partial charge in [-0.1, -0.05) is 0 Å². The Morgan fingerprint density at radius 1 is 1.47 bits per heavy atom. The highest BCUT2D eigenvalue weighted by Crippen LogP contribution is 2.11. The number of aliphatic hydroxyl groups is 1. The molecule has 0 aliphatic rings. The predicted molar refractivity (Wildman–Crippen MR) is 65.5 cm³/mol. The molecule has 96 valence electrons. The zero-order chi connectivity index (χ0) is 12.8. The van der Waals surface area contributed by atoms with Gasteiger partial charge in [0.05, 0.1) is 0 Å². The molecule has 0 saturated carbocycles. The third-order valence-corrected chi connectivity index (χ3v) is 2.74. The van der Waals surface area contributed by atoms with Crippen molar-refractivity contribution in [1.82, 2.24) is 14.7 Å². The van der Waals surface area contributed by atoms with Crippen LogP contribution in [0.5, 0.6) is 0 Å². The van der Waals surface area contributed by atoms with Crippen molar-refractivity contribution in [3.05, 3.63) is 18.5 Å². The molecule has 0 aliphatic heterocycles. The van der Waals surface area contributed by atoms with E-state index in [9.17, 15) is 4.79 Å². The van der Waals surface area contributed by atoms with Crippen molar-refractivity contribution in [3.8, 4) is 0 Å². The summed E-state index contributed by atoms with van der Waals surface area (Å²) in [5.41, 5.74) is 0. The second kappa shape index (κ2) is 6.39. The molecule has 1 N–H and O–H groups in total. The largest absolute Gasteiger partial charge is 0.396 e. The van der Waals surface area contributed by atoms with E-state index in [1.165, 1.54) is 0 Å². The molecule has 17 heavy (non-hydrogen) atoms. The zero-order valence-electron chi connectivity index (χ0n) is 10.7. The quantitative estimate of drug-likeness (QED) is 0.807. The third kappa shape index (κ3) is 3.56. The molecule has 0 fully saturated rings. The topological polar surface area (TPSA) is 58.4 Å². The molecule has 0 aliphatic carbocycles. The first kappa shape index (κ1) is 13.7. The van der Waals surface area contributed by atoms with Crippen LogP contribution in [-0.4, -0.2) is 44.9 Å². The van der Waals surface area contributed by atoms with Crippen LogP contribution < -0.4 is 0 Å². The molecule has 0 bridgehead atoms. The van der Waals surface area contributed by atoms with Gasteiger partial charge in [0.25, 0.3) is 0 Å². The molecule has 1 amide bonds. The second-order valence-electron chi connectivity index (χ2n) is 4.36. The number of nitrogens with zero attached hydrogens (tertiary/aromatic N) is 3. The summed E-state index contributed by atoms with van der Waals surface area (Å²) >= 11 is 0. The lowest BCUT2D eigenvalue weighted by atomic mass is 10.2. The Bertz CT molecular complexity index is 336. The molecule has 5 nitrogen and oxygen atoms in total. The van der Waals surface area contributed by atoms with Crippen molar-refractivity contribution in [2.75, 3.05) is 13.2 Å². The molecule has 1 unspecified atom stereocenters. The number of aliphatic hydroxyl groups excluding tert-OH is 1. The Morgan fingerprint density at radius 2 is 2.18 bits per heavy atom. The van der Waals surface area contributed by atoms with Gasteiger partial charge in [-0.15, -0.1) is 0 Å². The van der Waals surface area contributed by atoms with Crippen molar-refractivity contribution < 1.29 is 9.90 Å². The fraction of sp³-hybridized carbons (Fsp3) is 0.667. The van der Waals surface area contributed by atoms with E-state index >= 15 is 0 Å². The number of hydrogen-bond donors (Lipinski definition) is 1. The second-order valence-corrected chi connectivity index (χ2v) is 4.36. The Balaban J connectivity index is 2.70. The van der Waals surface area contributed by atoms with E-state index in [0.29, 0.717) is 13.0 Å². The maximum atomic E-state index is 12.3. The normalized spacial score (nSPS) is 12.8. The monoisotopic (exact) mass is 239 g/mol. The minimum atomic E-state index is -0.300. The van der Waals surface area contributed by atoms with Gasteiger partial charge in [0, 0.05) is 31.6 Å². The molecule has 0 radical (unpaired) electrons. The minimum absolute atomic E-state index is 0.0390. The van der Waals surface area contributed by atoms with Gasteiger partial charge < -0.3 is 10.0 Å². The van der Waals surface area contributed by atoms with Crippen molar-refractivity contribution in [2.24, 2.45) is 0 Å². The molecule has 1 aromatic heterocycles. The van der Waals surface area contributed by atoms with E-state index in [1.54, 1.807) is 28.0 Å². The molecular formula is C12H21N3O2. The van der Waals surface area contributed by atoms with Gasteiger partial charge in [-0.25, -0.2) is 0 Å². The summed E-state index contributed by atoms with van der Waals surface area (Å²) in [6.07, 6.45) is 4.06. The highest BCUT2D eigenvalue weighted by molar-refractivity contribution is 5.80. The van der Waals surface area contributed by atoms with E-state index in [-0.39, 0.29) is 24.6 Å². The van der Waals surface area contributed by atoms with Gasteiger partial charge >= 0.3 is 0 Å². The number of carbonyl (C=O) groups is 1. The Kier molecular flexibility index (Phi) is 5.15. The summed E-state index contributed by atoms with van der Waals surface area (Å²) in [6.45, 7) is 6.48. The number of hydrogen-bond acceptors (Lipinski definition) is 3. The summed E-state index contributed by atoms with van der Waals surface area (Å²) < 4.78 is 1.65. The van der Waals surface area contributed by atoms with Crippen LogP contribution in [0.2, 0.25) is 0 Å². The highest BCUT2D eigenvalue weighted by atomic mass is 16.3. The van der Waals surface area contributed by atoms with Gasteiger partial charge in [0.15, 0.2) is 0 Å². The van der Waals surface area contributed by atoms with E-state index in [0.717, 1.165) is 0 Å². The molecule has 1 aromatic rings. The van der Waals surface area contributed by atoms with Crippen LogP contribution in [0.1, 0.15) is 33.2 Å². The lowest BCUT2D eigenvalue weighted by molar-refractivity contribution is -0.136. The van der Waals surface area contributed by atoms with Gasteiger partial charge in [-0.2, -0.15) is 5.10 Å². The van der Waals surface area contributed by atoms with Gasteiger partial charge in [0.2, 0.25) is 5.91 Å². The van der Waals surface area contributed by atoms with E-state index < -0.39 is 0 Å². The third-order valence-electron chi connectivity index (χ3n) is 2.74. The van der Waals surface area contributed by atoms with Crippen molar-refractivity contribution >= 4 is 5.91 Å². The standard InChI is InChI=1S/C12H21N3O2/c1-10(2)14(7-5-9-16)12(17)11(3)15-8-4-6-13-15/h4,6,8,10-11,16H,5,7,9H2,1-3H3. The van der Waals surface area contributed by atoms with Crippen LogP contribution in [0, 0.1) is 0 Å². The van der Waals surface area contributed by atoms with Crippen molar-refractivity contribution in [2.45, 2.75) is 39.3 Å². The first-order valence-electron chi connectivity index (χ1n) is 5.98. The number of aromatic nitrogens is 2. The van der Waals surface area contributed by atoms with E-state index in [2.05, 4.69) is 5.10 Å². The number of rotatable bonds is 6. The van der Waals surface area contributed by atoms with Crippen molar-refractivity contribution in [1.29, 1.82) is 0 Å². The fourth-order valence-electron chi connectivity index (χ4n) is 1.73. The lowest BCUT2D eigenvalue weighted by Gasteiger charge is -2.29. The fourth-order valence-corrected chi connectivity index (χ4v) is 1.73. The van der Waals surface area contributed by atoms with Crippen LogP contribution in [0.25, 0.3) is 0 Å². The highest BCUT2D eigenvalue weighted by Gasteiger charge is 2.23. The summed E-state index contributed by atoms with van der Waals surface area (Å²) in [4.78, 5) is 14.1. The summed E-state index contributed by atoms with van der Waals surface area (Å²) in [5.74, 6) is 0.0390. The van der Waals surface area contributed by atoms with Crippen molar-refractivity contribution in [3.63, 3.8) is 0 Å². The Morgan fingerprint density at radius 3 is 2.65 bits per heavy atom. The molecule has 1 rings (SSSR count). The summed E-state index contributed by atoms with van der Waals surface area (Å²) in [7, 11) is 0. The molecule has 1 heterocycles. The molecule has 5 heteroatoms. The molecule has 1 atom stereocenters. The van der Waals surface area contributed by atoms with Crippen LogP contribution in [0.3, 0.4) is 0 Å². The Labute approximate surface area is 102 Å². The van der Waals surface area contributed by atoms with Gasteiger partial charge in [-0.3, -0.25) is 9.48 Å². The first-order chi connectivity index (χ1) is 8.07. The summed E-state index contributed by atoms with van der Waals surface area (Å²) in [6, 6.07) is 1.63. The maximum Gasteiger partial charge on any atom is 0.247 e. The maximum absolute atomic E-state index is 12.3. The molecule has 0 spiro atoms.